The summed E-state index contributed by atoms with van der Waals surface area (Å²) in [6, 6.07) is 9.87. The van der Waals surface area contributed by atoms with E-state index in [0.717, 1.165) is 0 Å². The number of hydrogen-bond acceptors (Lipinski definition) is 5. The highest BCUT2D eigenvalue weighted by Gasteiger charge is 2.20. The van der Waals surface area contributed by atoms with E-state index in [1.807, 2.05) is 0 Å². The molecule has 1 aliphatic rings. The molecule has 25 heavy (non-hydrogen) atoms. The summed E-state index contributed by atoms with van der Waals surface area (Å²) in [4.78, 5) is 0.137. The molecule has 134 valence electrons. The third-order valence-electron chi connectivity index (χ3n) is 4.00. The minimum Gasteiger partial charge on any atom is -0.454 e. The Morgan fingerprint density at radius 1 is 1.24 bits per heavy atom. The molecule has 0 saturated heterocycles. The molecule has 1 aliphatic heterocycles. The molecule has 0 aromatic heterocycles. The van der Waals surface area contributed by atoms with Gasteiger partial charge in [-0.25, -0.2) is 13.1 Å². The number of ether oxygens (including phenoxy) is 2. The second kappa shape index (κ2) is 7.21. The number of nitrogens with one attached hydrogen (secondary N) is 1. The lowest BCUT2D eigenvalue weighted by molar-refractivity contribution is 0.166. The van der Waals surface area contributed by atoms with E-state index in [1.54, 1.807) is 37.3 Å². The van der Waals surface area contributed by atoms with E-state index in [0.29, 0.717) is 27.6 Å². The van der Waals surface area contributed by atoms with Gasteiger partial charge < -0.3 is 14.6 Å². The van der Waals surface area contributed by atoms with Crippen LogP contribution in [-0.2, 0) is 10.0 Å². The van der Waals surface area contributed by atoms with Gasteiger partial charge in [-0.1, -0.05) is 23.7 Å². The van der Waals surface area contributed by atoms with Gasteiger partial charge in [0.25, 0.3) is 0 Å². The standard InChI is InChI=1S/C17H18ClNO5S/c1-11-13(18)3-2-4-17(11)25(21,22)19-8-7-14(20)12-5-6-15-16(9-12)24-10-23-15/h2-6,9,14,19-20H,7-8,10H2,1H3. The third kappa shape index (κ3) is 3.90. The molecule has 2 N–H and O–H groups in total. The second-order valence-corrected chi connectivity index (χ2v) is 7.82. The number of fused-ring (bicyclic) bond motifs is 1. The molecule has 0 aliphatic carbocycles. The number of aliphatic hydroxyl groups excluding tert-OH is 1. The highest BCUT2D eigenvalue weighted by molar-refractivity contribution is 7.89. The number of aliphatic hydroxyl groups is 1. The van der Waals surface area contributed by atoms with Crippen molar-refractivity contribution in [3.05, 3.63) is 52.5 Å². The highest BCUT2D eigenvalue weighted by Crippen LogP contribution is 2.34. The summed E-state index contributed by atoms with van der Waals surface area (Å²) in [6.07, 6.45) is -0.601. The van der Waals surface area contributed by atoms with Crippen LogP contribution in [0.2, 0.25) is 5.02 Å². The highest BCUT2D eigenvalue weighted by atomic mass is 35.5. The van der Waals surface area contributed by atoms with Crippen molar-refractivity contribution in [3.63, 3.8) is 0 Å². The van der Waals surface area contributed by atoms with Crippen molar-refractivity contribution in [1.82, 2.24) is 4.72 Å². The van der Waals surface area contributed by atoms with Gasteiger partial charge in [0.15, 0.2) is 11.5 Å². The van der Waals surface area contributed by atoms with Crippen LogP contribution in [0.5, 0.6) is 11.5 Å². The summed E-state index contributed by atoms with van der Waals surface area (Å²) in [5.74, 6) is 1.21. The van der Waals surface area contributed by atoms with Crippen molar-refractivity contribution in [2.45, 2.75) is 24.3 Å². The lowest BCUT2D eigenvalue weighted by atomic mass is 10.1. The number of hydrogen-bond donors (Lipinski definition) is 2. The maximum absolute atomic E-state index is 12.4. The first-order chi connectivity index (χ1) is 11.9. The summed E-state index contributed by atoms with van der Waals surface area (Å²) < 4.78 is 37.8. The van der Waals surface area contributed by atoms with Gasteiger partial charge in [0.05, 0.1) is 11.0 Å². The zero-order chi connectivity index (χ0) is 18.0. The van der Waals surface area contributed by atoms with Crippen molar-refractivity contribution in [2.75, 3.05) is 13.3 Å². The van der Waals surface area contributed by atoms with Crippen LogP contribution in [0.1, 0.15) is 23.7 Å². The van der Waals surface area contributed by atoms with Crippen LogP contribution in [-0.4, -0.2) is 26.9 Å². The molecule has 1 heterocycles. The quantitative estimate of drug-likeness (QED) is 0.801. The average molecular weight is 384 g/mol. The fraction of sp³-hybridized carbons (Fsp3) is 0.294. The number of halogens is 1. The van der Waals surface area contributed by atoms with E-state index >= 15 is 0 Å². The fourth-order valence-corrected chi connectivity index (χ4v) is 4.12. The Morgan fingerprint density at radius 2 is 2.00 bits per heavy atom. The Kier molecular flexibility index (Phi) is 5.19. The molecule has 2 aromatic carbocycles. The topological polar surface area (TPSA) is 84.9 Å². The molecule has 1 unspecified atom stereocenters. The first kappa shape index (κ1) is 18.0. The summed E-state index contributed by atoms with van der Waals surface area (Å²) in [6.45, 7) is 1.90. The van der Waals surface area contributed by atoms with E-state index in [-0.39, 0.29) is 24.7 Å². The third-order valence-corrected chi connectivity index (χ3v) is 6.01. The van der Waals surface area contributed by atoms with Gasteiger partial charge >= 0.3 is 0 Å². The average Bonchev–Trinajstić information content (AvgIpc) is 3.04. The normalized spacial score (nSPS) is 14.5. The van der Waals surface area contributed by atoms with E-state index in [1.165, 1.54) is 6.07 Å². The molecule has 1 atom stereocenters. The zero-order valence-corrected chi connectivity index (χ0v) is 15.1. The Morgan fingerprint density at radius 3 is 2.80 bits per heavy atom. The van der Waals surface area contributed by atoms with Crippen molar-refractivity contribution >= 4 is 21.6 Å². The van der Waals surface area contributed by atoms with Gasteiger partial charge in [0.1, 0.15) is 0 Å². The molecule has 8 heteroatoms. The van der Waals surface area contributed by atoms with Crippen LogP contribution in [0.4, 0.5) is 0 Å². The van der Waals surface area contributed by atoms with Gasteiger partial charge in [-0.15, -0.1) is 0 Å². The van der Waals surface area contributed by atoms with Crippen LogP contribution in [0.15, 0.2) is 41.3 Å². The summed E-state index contributed by atoms with van der Waals surface area (Å²) in [5, 5.41) is 10.7. The van der Waals surface area contributed by atoms with Crippen LogP contribution in [0.25, 0.3) is 0 Å². The Hall–Kier alpha value is -1.80. The van der Waals surface area contributed by atoms with Crippen molar-refractivity contribution in [2.24, 2.45) is 0 Å². The molecule has 2 aromatic rings. The summed E-state index contributed by atoms with van der Waals surface area (Å²) in [5.41, 5.74) is 1.13. The summed E-state index contributed by atoms with van der Waals surface area (Å²) in [7, 11) is -3.69. The first-order valence-electron chi connectivity index (χ1n) is 7.71. The molecular weight excluding hydrogens is 366 g/mol. The molecule has 0 saturated carbocycles. The molecular formula is C17H18ClNO5S. The number of benzene rings is 2. The van der Waals surface area contributed by atoms with Crippen LogP contribution < -0.4 is 14.2 Å². The SMILES string of the molecule is Cc1c(Cl)cccc1S(=O)(=O)NCCC(O)c1ccc2c(c1)OCO2. The van der Waals surface area contributed by atoms with Crippen molar-refractivity contribution in [1.29, 1.82) is 0 Å². The molecule has 6 nitrogen and oxygen atoms in total. The lowest BCUT2D eigenvalue weighted by Crippen LogP contribution is -2.26. The minimum atomic E-state index is -3.69. The van der Waals surface area contributed by atoms with E-state index in [9.17, 15) is 13.5 Å². The molecule has 0 spiro atoms. The van der Waals surface area contributed by atoms with Crippen molar-refractivity contribution < 1.29 is 23.0 Å². The first-order valence-corrected chi connectivity index (χ1v) is 9.57. The van der Waals surface area contributed by atoms with Crippen molar-refractivity contribution in [3.8, 4) is 11.5 Å². The number of rotatable bonds is 6. The molecule has 0 amide bonds. The fourth-order valence-electron chi connectivity index (χ4n) is 2.57. The Bertz CT molecular complexity index is 885. The second-order valence-electron chi connectivity index (χ2n) is 5.68. The zero-order valence-electron chi connectivity index (χ0n) is 13.5. The van der Waals surface area contributed by atoms with Gasteiger partial charge in [-0.3, -0.25) is 0 Å². The molecule has 3 rings (SSSR count). The predicted octanol–water partition coefficient (Wildman–Crippen LogP) is 2.78. The maximum atomic E-state index is 12.4. The van der Waals surface area contributed by atoms with Gasteiger partial charge in [0.2, 0.25) is 16.8 Å². The van der Waals surface area contributed by atoms with Gasteiger partial charge in [0, 0.05) is 11.6 Å². The Balaban J connectivity index is 1.63. The predicted molar refractivity (Wildman–Crippen MR) is 93.5 cm³/mol. The van der Waals surface area contributed by atoms with Gasteiger partial charge in [-0.2, -0.15) is 0 Å². The molecule has 0 fully saturated rings. The Labute approximate surface area is 151 Å². The van der Waals surface area contributed by atoms with Crippen LogP contribution in [0.3, 0.4) is 0 Å². The lowest BCUT2D eigenvalue weighted by Gasteiger charge is -2.13. The number of sulfonamides is 1. The smallest absolute Gasteiger partial charge is 0.240 e. The maximum Gasteiger partial charge on any atom is 0.240 e. The molecule has 0 radical (unpaired) electrons. The minimum absolute atomic E-state index is 0.0872. The largest absolute Gasteiger partial charge is 0.454 e. The van der Waals surface area contributed by atoms with E-state index in [4.69, 9.17) is 21.1 Å². The van der Waals surface area contributed by atoms with Crippen LogP contribution >= 0.6 is 11.6 Å². The van der Waals surface area contributed by atoms with E-state index < -0.39 is 16.1 Å². The summed E-state index contributed by atoms with van der Waals surface area (Å²) >= 11 is 5.98. The molecule has 0 bridgehead atoms. The van der Waals surface area contributed by atoms with E-state index in [2.05, 4.69) is 4.72 Å². The monoisotopic (exact) mass is 383 g/mol. The van der Waals surface area contributed by atoms with Gasteiger partial charge in [-0.05, 0) is 48.7 Å². The van der Waals surface area contributed by atoms with Crippen LogP contribution in [0, 0.1) is 6.92 Å².